The zero-order chi connectivity index (χ0) is 15.4. The molecule has 21 heavy (non-hydrogen) atoms. The minimum atomic E-state index is -0.564. The van der Waals surface area contributed by atoms with Crippen molar-refractivity contribution in [3.05, 3.63) is 52.9 Å². The predicted octanol–water partition coefficient (Wildman–Crippen LogP) is 3.44. The molecule has 1 heterocycles. The molecule has 1 N–H and O–H groups in total. The SMILES string of the molecule is CCNC(c1cc(F)cc(F)c1)c1cc(CC)nn1CC. The molecule has 0 spiro atoms. The van der Waals surface area contributed by atoms with E-state index in [9.17, 15) is 8.78 Å². The Morgan fingerprint density at radius 1 is 1.10 bits per heavy atom. The molecule has 1 aromatic carbocycles. The Bertz CT molecular complexity index is 587. The smallest absolute Gasteiger partial charge is 0.126 e. The van der Waals surface area contributed by atoms with Crippen molar-refractivity contribution in [1.82, 2.24) is 15.1 Å². The molecular weight excluding hydrogens is 272 g/mol. The van der Waals surface area contributed by atoms with Gasteiger partial charge in [0.15, 0.2) is 0 Å². The van der Waals surface area contributed by atoms with Crippen molar-refractivity contribution in [2.45, 2.75) is 39.8 Å². The van der Waals surface area contributed by atoms with Gasteiger partial charge in [0.05, 0.1) is 17.4 Å². The second kappa shape index (κ2) is 6.80. The first kappa shape index (κ1) is 15.6. The quantitative estimate of drug-likeness (QED) is 0.884. The second-order valence-corrected chi connectivity index (χ2v) is 4.92. The van der Waals surface area contributed by atoms with E-state index >= 15 is 0 Å². The summed E-state index contributed by atoms with van der Waals surface area (Å²) in [5.74, 6) is -1.13. The third-order valence-electron chi connectivity index (χ3n) is 3.45. The Labute approximate surface area is 124 Å². The third kappa shape index (κ3) is 3.47. The van der Waals surface area contributed by atoms with E-state index in [1.165, 1.54) is 12.1 Å². The number of benzene rings is 1. The molecule has 1 unspecified atom stereocenters. The lowest BCUT2D eigenvalue weighted by Gasteiger charge is -2.19. The van der Waals surface area contributed by atoms with Gasteiger partial charge >= 0.3 is 0 Å². The highest BCUT2D eigenvalue weighted by atomic mass is 19.1. The molecule has 0 amide bonds. The fourth-order valence-electron chi connectivity index (χ4n) is 2.48. The maximum absolute atomic E-state index is 13.5. The van der Waals surface area contributed by atoms with Crippen molar-refractivity contribution in [3.63, 3.8) is 0 Å². The van der Waals surface area contributed by atoms with Gasteiger partial charge in [-0.15, -0.1) is 0 Å². The fourth-order valence-corrected chi connectivity index (χ4v) is 2.48. The van der Waals surface area contributed by atoms with Crippen LogP contribution in [0.25, 0.3) is 0 Å². The van der Waals surface area contributed by atoms with Crippen LogP contribution in [0.2, 0.25) is 0 Å². The Kier molecular flexibility index (Phi) is 5.07. The molecule has 5 heteroatoms. The molecular formula is C16H21F2N3. The highest BCUT2D eigenvalue weighted by molar-refractivity contribution is 5.30. The van der Waals surface area contributed by atoms with Gasteiger partial charge in [-0.3, -0.25) is 4.68 Å². The van der Waals surface area contributed by atoms with Gasteiger partial charge in [0.2, 0.25) is 0 Å². The van der Waals surface area contributed by atoms with Gasteiger partial charge in [0.25, 0.3) is 0 Å². The van der Waals surface area contributed by atoms with Crippen molar-refractivity contribution in [3.8, 4) is 0 Å². The van der Waals surface area contributed by atoms with Crippen LogP contribution >= 0.6 is 0 Å². The van der Waals surface area contributed by atoms with Gasteiger partial charge in [-0.25, -0.2) is 8.78 Å². The van der Waals surface area contributed by atoms with E-state index in [2.05, 4.69) is 10.4 Å². The maximum atomic E-state index is 13.5. The summed E-state index contributed by atoms with van der Waals surface area (Å²) in [4.78, 5) is 0. The van der Waals surface area contributed by atoms with Crippen LogP contribution in [-0.2, 0) is 13.0 Å². The van der Waals surface area contributed by atoms with Gasteiger partial charge in [0, 0.05) is 12.6 Å². The molecule has 0 aliphatic rings. The van der Waals surface area contributed by atoms with Gasteiger partial charge < -0.3 is 5.32 Å². The molecule has 0 fully saturated rings. The molecule has 0 saturated carbocycles. The fraction of sp³-hybridized carbons (Fsp3) is 0.438. The van der Waals surface area contributed by atoms with Crippen molar-refractivity contribution < 1.29 is 8.78 Å². The van der Waals surface area contributed by atoms with Crippen LogP contribution in [-0.4, -0.2) is 16.3 Å². The van der Waals surface area contributed by atoms with Crippen LogP contribution in [0, 0.1) is 11.6 Å². The Balaban J connectivity index is 2.49. The van der Waals surface area contributed by atoms with Crippen LogP contribution in [0.1, 0.15) is 43.8 Å². The first-order valence-corrected chi connectivity index (χ1v) is 7.35. The Hall–Kier alpha value is -1.75. The average Bonchev–Trinajstić information content (AvgIpc) is 2.86. The summed E-state index contributed by atoms with van der Waals surface area (Å²) >= 11 is 0. The molecule has 0 aliphatic carbocycles. The number of halogens is 2. The first-order valence-electron chi connectivity index (χ1n) is 7.35. The zero-order valence-corrected chi connectivity index (χ0v) is 12.7. The predicted molar refractivity (Wildman–Crippen MR) is 79.2 cm³/mol. The van der Waals surface area contributed by atoms with Gasteiger partial charge in [-0.05, 0) is 43.7 Å². The van der Waals surface area contributed by atoms with E-state index in [1.807, 2.05) is 31.5 Å². The summed E-state index contributed by atoms with van der Waals surface area (Å²) in [7, 11) is 0. The van der Waals surface area contributed by atoms with E-state index in [0.29, 0.717) is 12.1 Å². The average molecular weight is 293 g/mol. The van der Waals surface area contributed by atoms with Crippen molar-refractivity contribution >= 4 is 0 Å². The lowest BCUT2D eigenvalue weighted by Crippen LogP contribution is -2.25. The molecule has 0 radical (unpaired) electrons. The minimum absolute atomic E-state index is 0.270. The van der Waals surface area contributed by atoms with Crippen molar-refractivity contribution in [2.75, 3.05) is 6.54 Å². The molecule has 1 atom stereocenters. The third-order valence-corrected chi connectivity index (χ3v) is 3.45. The molecule has 1 aromatic heterocycles. The van der Waals surface area contributed by atoms with Crippen LogP contribution in [0.3, 0.4) is 0 Å². The summed E-state index contributed by atoms with van der Waals surface area (Å²) in [5, 5.41) is 7.80. The lowest BCUT2D eigenvalue weighted by atomic mass is 10.0. The van der Waals surface area contributed by atoms with Crippen LogP contribution < -0.4 is 5.32 Å². The molecule has 0 bridgehead atoms. The van der Waals surface area contributed by atoms with Gasteiger partial charge in [-0.2, -0.15) is 5.10 Å². The molecule has 2 aromatic rings. The molecule has 0 aliphatic heterocycles. The number of hydrogen-bond acceptors (Lipinski definition) is 2. The summed E-state index contributed by atoms with van der Waals surface area (Å²) in [5.41, 5.74) is 2.49. The highest BCUT2D eigenvalue weighted by Gasteiger charge is 2.20. The largest absolute Gasteiger partial charge is 0.305 e. The number of hydrogen-bond donors (Lipinski definition) is 1. The van der Waals surface area contributed by atoms with E-state index < -0.39 is 11.6 Å². The number of nitrogens with one attached hydrogen (secondary N) is 1. The number of aromatic nitrogens is 2. The molecule has 3 nitrogen and oxygen atoms in total. The monoisotopic (exact) mass is 293 g/mol. The minimum Gasteiger partial charge on any atom is -0.305 e. The van der Waals surface area contributed by atoms with Crippen LogP contribution in [0.5, 0.6) is 0 Å². The van der Waals surface area contributed by atoms with Crippen LogP contribution in [0.4, 0.5) is 8.78 Å². The second-order valence-electron chi connectivity index (χ2n) is 4.92. The zero-order valence-electron chi connectivity index (χ0n) is 12.7. The molecule has 0 saturated heterocycles. The molecule has 2 rings (SSSR count). The van der Waals surface area contributed by atoms with E-state index in [1.54, 1.807) is 0 Å². The normalized spacial score (nSPS) is 12.6. The number of nitrogens with zero attached hydrogens (tertiary/aromatic N) is 2. The highest BCUT2D eigenvalue weighted by Crippen LogP contribution is 2.25. The maximum Gasteiger partial charge on any atom is 0.126 e. The van der Waals surface area contributed by atoms with Crippen molar-refractivity contribution in [2.24, 2.45) is 0 Å². The van der Waals surface area contributed by atoms with E-state index in [-0.39, 0.29) is 6.04 Å². The van der Waals surface area contributed by atoms with Gasteiger partial charge in [0.1, 0.15) is 11.6 Å². The summed E-state index contributed by atoms with van der Waals surface area (Å²) in [6.45, 7) is 7.42. The number of rotatable bonds is 6. The Morgan fingerprint density at radius 3 is 2.29 bits per heavy atom. The summed E-state index contributed by atoms with van der Waals surface area (Å²) < 4.78 is 28.9. The van der Waals surface area contributed by atoms with Crippen molar-refractivity contribution in [1.29, 1.82) is 0 Å². The van der Waals surface area contributed by atoms with E-state index in [0.717, 1.165) is 30.4 Å². The summed E-state index contributed by atoms with van der Waals surface area (Å²) in [6.07, 6.45) is 0.830. The van der Waals surface area contributed by atoms with Crippen LogP contribution in [0.15, 0.2) is 24.3 Å². The lowest BCUT2D eigenvalue weighted by molar-refractivity contribution is 0.528. The molecule has 114 valence electrons. The first-order chi connectivity index (χ1) is 10.1. The standard InChI is InChI=1S/C16H21F2N3/c1-4-14-10-15(21(6-3)20-14)16(19-5-2)11-7-12(17)9-13(18)8-11/h7-10,16,19H,4-6H2,1-3H3. The topological polar surface area (TPSA) is 29.9 Å². The van der Waals surface area contributed by atoms with Gasteiger partial charge in [-0.1, -0.05) is 13.8 Å². The number of aryl methyl sites for hydroxylation is 2. The summed E-state index contributed by atoms with van der Waals surface area (Å²) in [6, 6.07) is 5.36. The van der Waals surface area contributed by atoms with E-state index in [4.69, 9.17) is 0 Å². The Morgan fingerprint density at radius 2 is 1.76 bits per heavy atom.